The lowest BCUT2D eigenvalue weighted by Crippen LogP contribution is -2.47. The smallest absolute Gasteiger partial charge is 0.160 e. The third kappa shape index (κ3) is 5.68. The molecule has 150 valence electrons. The maximum absolute atomic E-state index is 6.22. The third-order valence-electron chi connectivity index (χ3n) is 6.68. The minimum absolute atomic E-state index is 0. The molecule has 1 aliphatic carbocycles. The van der Waals surface area contributed by atoms with Gasteiger partial charge in [-0.25, -0.2) is 0 Å². The van der Waals surface area contributed by atoms with Crippen molar-refractivity contribution >= 4 is 0 Å². The summed E-state index contributed by atoms with van der Waals surface area (Å²) in [6.45, 7) is 21.0. The van der Waals surface area contributed by atoms with Crippen LogP contribution in [0.5, 0.6) is 0 Å². The van der Waals surface area contributed by atoms with Crippen LogP contribution in [0.15, 0.2) is 0 Å². The summed E-state index contributed by atoms with van der Waals surface area (Å²) in [6.07, 6.45) is 4.98. The van der Waals surface area contributed by atoms with Gasteiger partial charge in [-0.2, -0.15) is 0 Å². The molecule has 1 saturated carbocycles. The van der Waals surface area contributed by atoms with E-state index in [2.05, 4.69) is 55.4 Å². The standard InChI is InChI=1S/C22H42O2.H2O/c1-9-10-16-13-23-20(24-14-16)17-11-18(21(3,4)5)15(2)19(12-17)22(6,7)8;/h15-20H,9-14H2,1-8H3;1H2. The van der Waals surface area contributed by atoms with Crippen molar-refractivity contribution in [3.63, 3.8) is 0 Å². The highest BCUT2D eigenvalue weighted by atomic mass is 16.7. The van der Waals surface area contributed by atoms with E-state index in [0.717, 1.165) is 31.0 Å². The Morgan fingerprint density at radius 3 is 1.64 bits per heavy atom. The first kappa shape index (κ1) is 22.9. The lowest BCUT2D eigenvalue weighted by atomic mass is 9.55. The van der Waals surface area contributed by atoms with Crippen LogP contribution in [-0.2, 0) is 9.47 Å². The molecule has 2 aliphatic rings. The van der Waals surface area contributed by atoms with E-state index in [0.29, 0.717) is 22.7 Å². The van der Waals surface area contributed by atoms with Gasteiger partial charge in [-0.15, -0.1) is 0 Å². The molecule has 0 bridgehead atoms. The van der Waals surface area contributed by atoms with Crippen LogP contribution in [0, 0.1) is 40.4 Å². The molecule has 0 aromatic heterocycles. The van der Waals surface area contributed by atoms with Gasteiger partial charge >= 0.3 is 0 Å². The fourth-order valence-corrected chi connectivity index (χ4v) is 5.37. The summed E-state index contributed by atoms with van der Waals surface area (Å²) in [6, 6.07) is 0. The van der Waals surface area contributed by atoms with E-state index in [1.807, 2.05) is 0 Å². The lowest BCUT2D eigenvalue weighted by Gasteiger charge is -2.52. The van der Waals surface area contributed by atoms with Crippen LogP contribution in [0.3, 0.4) is 0 Å². The van der Waals surface area contributed by atoms with E-state index in [-0.39, 0.29) is 11.8 Å². The minimum atomic E-state index is 0. The molecular formula is C22H44O3. The van der Waals surface area contributed by atoms with Crippen molar-refractivity contribution in [2.75, 3.05) is 13.2 Å². The van der Waals surface area contributed by atoms with Crippen molar-refractivity contribution in [3.8, 4) is 0 Å². The molecule has 1 saturated heterocycles. The van der Waals surface area contributed by atoms with E-state index in [1.54, 1.807) is 0 Å². The van der Waals surface area contributed by atoms with Gasteiger partial charge in [-0.1, -0.05) is 61.8 Å². The van der Waals surface area contributed by atoms with E-state index in [1.165, 1.54) is 25.7 Å². The maximum Gasteiger partial charge on any atom is 0.160 e. The quantitative estimate of drug-likeness (QED) is 0.687. The number of hydrogen-bond acceptors (Lipinski definition) is 2. The van der Waals surface area contributed by atoms with Gasteiger partial charge in [-0.05, 0) is 47.8 Å². The van der Waals surface area contributed by atoms with Crippen molar-refractivity contribution < 1.29 is 14.9 Å². The Bertz CT molecular complexity index is 361. The third-order valence-corrected chi connectivity index (χ3v) is 6.68. The van der Waals surface area contributed by atoms with Gasteiger partial charge in [0, 0.05) is 11.8 Å². The van der Waals surface area contributed by atoms with E-state index < -0.39 is 0 Å². The van der Waals surface area contributed by atoms with Crippen molar-refractivity contribution in [1.82, 2.24) is 0 Å². The molecular weight excluding hydrogens is 312 g/mol. The molecule has 2 fully saturated rings. The second-order valence-corrected chi connectivity index (χ2v) is 10.7. The Hall–Kier alpha value is -0.120. The van der Waals surface area contributed by atoms with Crippen molar-refractivity contribution in [2.45, 2.75) is 87.4 Å². The molecule has 1 heterocycles. The average molecular weight is 357 g/mol. The van der Waals surface area contributed by atoms with E-state index in [9.17, 15) is 0 Å². The molecule has 0 radical (unpaired) electrons. The first-order valence-electron chi connectivity index (χ1n) is 10.3. The largest absolute Gasteiger partial charge is 0.412 e. The molecule has 2 unspecified atom stereocenters. The topological polar surface area (TPSA) is 50.0 Å². The van der Waals surface area contributed by atoms with Crippen LogP contribution in [-0.4, -0.2) is 25.0 Å². The fraction of sp³-hybridized carbons (Fsp3) is 1.00. The summed E-state index contributed by atoms with van der Waals surface area (Å²) < 4.78 is 12.4. The van der Waals surface area contributed by atoms with Gasteiger partial charge in [0.1, 0.15) is 0 Å². The number of ether oxygens (including phenoxy) is 2. The van der Waals surface area contributed by atoms with Crippen LogP contribution in [0.4, 0.5) is 0 Å². The molecule has 0 aromatic carbocycles. The normalized spacial score (nSPS) is 37.4. The fourth-order valence-electron chi connectivity index (χ4n) is 5.37. The zero-order valence-electron chi connectivity index (χ0n) is 18.0. The molecule has 1 aliphatic heterocycles. The van der Waals surface area contributed by atoms with Gasteiger partial charge in [0.15, 0.2) is 6.29 Å². The second-order valence-electron chi connectivity index (χ2n) is 10.7. The first-order chi connectivity index (χ1) is 11.0. The minimum Gasteiger partial charge on any atom is -0.412 e. The highest BCUT2D eigenvalue weighted by Crippen LogP contribution is 2.52. The summed E-state index contributed by atoms with van der Waals surface area (Å²) >= 11 is 0. The van der Waals surface area contributed by atoms with Crippen molar-refractivity contribution in [3.05, 3.63) is 0 Å². The number of hydrogen-bond donors (Lipinski definition) is 0. The molecule has 2 atom stereocenters. The van der Waals surface area contributed by atoms with Crippen LogP contribution in [0.2, 0.25) is 0 Å². The summed E-state index contributed by atoms with van der Waals surface area (Å²) in [5, 5.41) is 0. The summed E-state index contributed by atoms with van der Waals surface area (Å²) in [7, 11) is 0. The first-order valence-corrected chi connectivity index (χ1v) is 10.3. The molecule has 0 spiro atoms. The van der Waals surface area contributed by atoms with Crippen LogP contribution in [0.1, 0.15) is 81.1 Å². The predicted molar refractivity (Wildman–Crippen MR) is 105 cm³/mol. The maximum atomic E-state index is 6.22. The Morgan fingerprint density at radius 1 is 0.840 bits per heavy atom. The molecule has 0 aromatic rings. The second kappa shape index (κ2) is 8.71. The van der Waals surface area contributed by atoms with Crippen molar-refractivity contribution in [1.29, 1.82) is 0 Å². The Balaban J connectivity index is 0.00000312. The molecule has 3 nitrogen and oxygen atoms in total. The zero-order valence-corrected chi connectivity index (χ0v) is 18.0. The predicted octanol–water partition coefficient (Wildman–Crippen LogP) is 5.32. The molecule has 2 N–H and O–H groups in total. The summed E-state index contributed by atoms with van der Waals surface area (Å²) in [5.74, 6) is 3.39. The van der Waals surface area contributed by atoms with Gasteiger partial charge in [-0.3, -0.25) is 0 Å². The van der Waals surface area contributed by atoms with Crippen LogP contribution < -0.4 is 0 Å². The van der Waals surface area contributed by atoms with Gasteiger partial charge in [0.2, 0.25) is 0 Å². The van der Waals surface area contributed by atoms with E-state index in [4.69, 9.17) is 9.47 Å². The Labute approximate surface area is 156 Å². The van der Waals surface area contributed by atoms with Crippen LogP contribution >= 0.6 is 0 Å². The molecule has 2 rings (SSSR count). The van der Waals surface area contributed by atoms with Gasteiger partial charge in [0.05, 0.1) is 13.2 Å². The molecule has 3 heteroatoms. The lowest BCUT2D eigenvalue weighted by molar-refractivity contribution is -0.239. The highest BCUT2D eigenvalue weighted by Gasteiger charge is 2.47. The highest BCUT2D eigenvalue weighted by molar-refractivity contribution is 4.94. The SMILES string of the molecule is CCCC1COC(C2CC(C(C)(C)C)C(C)C(C(C)(C)C)C2)OC1.O. The van der Waals surface area contributed by atoms with Crippen molar-refractivity contribution in [2.24, 2.45) is 40.4 Å². The van der Waals surface area contributed by atoms with Crippen LogP contribution in [0.25, 0.3) is 0 Å². The zero-order chi connectivity index (χ0) is 18.1. The van der Waals surface area contributed by atoms with Gasteiger partial charge < -0.3 is 14.9 Å². The monoisotopic (exact) mass is 356 g/mol. The Kier molecular flexibility index (Phi) is 7.99. The van der Waals surface area contributed by atoms with Gasteiger partial charge in [0.25, 0.3) is 0 Å². The molecule has 0 amide bonds. The average Bonchev–Trinajstić information content (AvgIpc) is 2.46. The Morgan fingerprint density at radius 2 is 1.28 bits per heavy atom. The summed E-state index contributed by atoms with van der Waals surface area (Å²) in [5.41, 5.74) is 0.696. The molecule has 25 heavy (non-hydrogen) atoms. The van der Waals surface area contributed by atoms with E-state index >= 15 is 0 Å². The number of rotatable bonds is 3. The summed E-state index contributed by atoms with van der Waals surface area (Å²) in [4.78, 5) is 0.